The summed E-state index contributed by atoms with van der Waals surface area (Å²) in [6, 6.07) is 24.5. The standard InChI is InChI=1S/C29H28N4O3/c1-29(2,3)36-27(34)19-33(28(35)26(32)16-20-7-6-8-21(15-20)17-30)24-13-11-22(12-14-24)25-10-5-4-9-23(25)18-31/h4-15,26H,16,19,32H2,1-3H3/t26-/m0/s1. The highest BCUT2D eigenvalue weighted by Gasteiger charge is 2.27. The number of esters is 1. The fraction of sp³-hybridized carbons (Fsp3) is 0.241. The third kappa shape index (κ3) is 6.79. The number of anilines is 1. The van der Waals surface area contributed by atoms with E-state index in [1.54, 1.807) is 81.4 Å². The van der Waals surface area contributed by atoms with Crippen LogP contribution in [0.3, 0.4) is 0 Å². The van der Waals surface area contributed by atoms with Crippen molar-refractivity contribution in [2.45, 2.75) is 38.8 Å². The number of ether oxygens (including phenoxy) is 1. The summed E-state index contributed by atoms with van der Waals surface area (Å²) < 4.78 is 5.45. The highest BCUT2D eigenvalue weighted by atomic mass is 16.6. The Labute approximate surface area is 211 Å². The van der Waals surface area contributed by atoms with Crippen LogP contribution >= 0.6 is 0 Å². The first-order valence-corrected chi connectivity index (χ1v) is 11.5. The van der Waals surface area contributed by atoms with Crippen LogP contribution in [0.2, 0.25) is 0 Å². The number of benzene rings is 3. The van der Waals surface area contributed by atoms with Crippen LogP contribution in [0, 0.1) is 22.7 Å². The van der Waals surface area contributed by atoms with Crippen LogP contribution in [0.1, 0.15) is 37.5 Å². The lowest BCUT2D eigenvalue weighted by atomic mass is 10.00. The molecule has 36 heavy (non-hydrogen) atoms. The molecular formula is C29H28N4O3. The van der Waals surface area contributed by atoms with E-state index >= 15 is 0 Å². The van der Waals surface area contributed by atoms with Crippen molar-refractivity contribution in [2.75, 3.05) is 11.4 Å². The lowest BCUT2D eigenvalue weighted by molar-refractivity contribution is -0.153. The number of nitrogens with zero attached hydrogens (tertiary/aromatic N) is 3. The molecule has 0 spiro atoms. The Morgan fingerprint density at radius 1 is 0.972 bits per heavy atom. The summed E-state index contributed by atoms with van der Waals surface area (Å²) in [7, 11) is 0. The molecule has 0 unspecified atom stereocenters. The summed E-state index contributed by atoms with van der Waals surface area (Å²) in [6.07, 6.45) is 0.201. The highest BCUT2D eigenvalue weighted by Crippen LogP contribution is 2.26. The average Bonchev–Trinajstić information content (AvgIpc) is 2.86. The molecule has 0 fully saturated rings. The number of carbonyl (C=O) groups is 2. The van der Waals surface area contributed by atoms with Crippen molar-refractivity contribution in [1.82, 2.24) is 0 Å². The number of nitriles is 2. The molecule has 0 aromatic heterocycles. The Morgan fingerprint density at radius 2 is 1.67 bits per heavy atom. The van der Waals surface area contributed by atoms with Crippen LogP contribution < -0.4 is 10.6 Å². The SMILES string of the molecule is CC(C)(C)OC(=O)CN(C(=O)[C@@H](N)Cc1cccc(C#N)c1)c1ccc(-c2ccccc2C#N)cc1. The quantitative estimate of drug-likeness (QED) is 0.502. The Bertz CT molecular complexity index is 1330. The molecule has 0 radical (unpaired) electrons. The molecule has 182 valence electrons. The van der Waals surface area contributed by atoms with E-state index in [9.17, 15) is 14.9 Å². The second kappa shape index (κ2) is 11.3. The zero-order valence-corrected chi connectivity index (χ0v) is 20.6. The van der Waals surface area contributed by atoms with Crippen LogP contribution in [-0.2, 0) is 20.7 Å². The van der Waals surface area contributed by atoms with E-state index in [2.05, 4.69) is 12.1 Å². The molecule has 0 saturated carbocycles. The molecule has 0 aliphatic heterocycles. The molecule has 3 aromatic rings. The van der Waals surface area contributed by atoms with Crippen molar-refractivity contribution in [2.24, 2.45) is 5.73 Å². The lowest BCUT2D eigenvalue weighted by Crippen LogP contribution is -2.48. The maximum atomic E-state index is 13.4. The maximum Gasteiger partial charge on any atom is 0.326 e. The average molecular weight is 481 g/mol. The van der Waals surface area contributed by atoms with E-state index in [0.717, 1.165) is 16.7 Å². The zero-order valence-electron chi connectivity index (χ0n) is 20.6. The van der Waals surface area contributed by atoms with Crippen LogP contribution in [0.4, 0.5) is 5.69 Å². The van der Waals surface area contributed by atoms with Crippen molar-refractivity contribution in [3.8, 4) is 23.3 Å². The number of carbonyl (C=O) groups excluding carboxylic acids is 2. The van der Waals surface area contributed by atoms with E-state index in [0.29, 0.717) is 16.8 Å². The van der Waals surface area contributed by atoms with Crippen molar-refractivity contribution in [1.29, 1.82) is 10.5 Å². The van der Waals surface area contributed by atoms with Gasteiger partial charge in [-0.1, -0.05) is 42.5 Å². The van der Waals surface area contributed by atoms with E-state index in [1.807, 2.05) is 12.1 Å². The molecule has 0 saturated heterocycles. The topological polar surface area (TPSA) is 120 Å². The summed E-state index contributed by atoms with van der Waals surface area (Å²) in [5, 5.41) is 18.6. The van der Waals surface area contributed by atoms with Gasteiger partial charge in [0.1, 0.15) is 12.1 Å². The van der Waals surface area contributed by atoms with E-state index < -0.39 is 23.5 Å². The molecule has 7 heteroatoms. The fourth-order valence-electron chi connectivity index (χ4n) is 3.76. The number of hydrogen-bond acceptors (Lipinski definition) is 6. The van der Waals surface area contributed by atoms with Gasteiger partial charge in [0, 0.05) is 5.69 Å². The summed E-state index contributed by atoms with van der Waals surface area (Å²) in [5.41, 5.74) is 9.38. The minimum absolute atomic E-state index is 0.201. The van der Waals surface area contributed by atoms with Crippen molar-refractivity contribution in [3.63, 3.8) is 0 Å². The second-order valence-corrected chi connectivity index (χ2v) is 9.34. The van der Waals surface area contributed by atoms with Gasteiger partial charge in [-0.3, -0.25) is 14.5 Å². The molecule has 2 N–H and O–H groups in total. The third-order valence-corrected chi connectivity index (χ3v) is 5.34. The smallest absolute Gasteiger partial charge is 0.326 e. The zero-order chi connectivity index (χ0) is 26.3. The van der Waals surface area contributed by atoms with E-state index in [1.165, 1.54) is 4.90 Å². The van der Waals surface area contributed by atoms with Gasteiger partial charge in [0.25, 0.3) is 0 Å². The Balaban J connectivity index is 1.90. The lowest BCUT2D eigenvalue weighted by Gasteiger charge is -2.27. The van der Waals surface area contributed by atoms with Gasteiger partial charge in [0.05, 0.1) is 29.3 Å². The number of hydrogen-bond donors (Lipinski definition) is 1. The molecule has 0 aliphatic rings. The van der Waals surface area contributed by atoms with Crippen LogP contribution in [-0.4, -0.2) is 30.1 Å². The van der Waals surface area contributed by atoms with Gasteiger partial charge >= 0.3 is 5.97 Å². The van der Waals surface area contributed by atoms with E-state index in [-0.39, 0.29) is 13.0 Å². The summed E-state index contributed by atoms with van der Waals surface area (Å²) in [6.45, 7) is 4.96. The number of rotatable bonds is 7. The second-order valence-electron chi connectivity index (χ2n) is 9.34. The summed E-state index contributed by atoms with van der Waals surface area (Å²) in [5.74, 6) is -1.01. The molecular weight excluding hydrogens is 452 g/mol. The van der Waals surface area contributed by atoms with Gasteiger partial charge in [0.15, 0.2) is 0 Å². The van der Waals surface area contributed by atoms with Gasteiger partial charge in [-0.25, -0.2) is 0 Å². The largest absolute Gasteiger partial charge is 0.459 e. The maximum absolute atomic E-state index is 13.4. The van der Waals surface area contributed by atoms with Gasteiger partial charge in [-0.05, 0) is 74.2 Å². The van der Waals surface area contributed by atoms with Gasteiger partial charge < -0.3 is 10.5 Å². The van der Waals surface area contributed by atoms with Crippen molar-refractivity contribution < 1.29 is 14.3 Å². The number of amides is 1. The number of nitrogens with two attached hydrogens (primary N) is 1. The monoisotopic (exact) mass is 480 g/mol. The first-order valence-electron chi connectivity index (χ1n) is 11.5. The molecule has 0 aliphatic carbocycles. The first-order chi connectivity index (χ1) is 17.1. The molecule has 0 heterocycles. The van der Waals surface area contributed by atoms with Gasteiger partial charge in [-0.2, -0.15) is 10.5 Å². The molecule has 3 aromatic carbocycles. The van der Waals surface area contributed by atoms with Crippen molar-refractivity contribution in [3.05, 3.63) is 89.5 Å². The van der Waals surface area contributed by atoms with E-state index in [4.69, 9.17) is 15.7 Å². The summed E-state index contributed by atoms with van der Waals surface area (Å²) in [4.78, 5) is 27.4. The van der Waals surface area contributed by atoms with Gasteiger partial charge in [0.2, 0.25) is 5.91 Å². The van der Waals surface area contributed by atoms with Crippen LogP contribution in [0.25, 0.3) is 11.1 Å². The molecule has 0 bridgehead atoms. The minimum Gasteiger partial charge on any atom is -0.459 e. The summed E-state index contributed by atoms with van der Waals surface area (Å²) >= 11 is 0. The molecule has 7 nitrogen and oxygen atoms in total. The normalized spacial score (nSPS) is 11.6. The predicted molar refractivity (Wildman–Crippen MR) is 138 cm³/mol. The first kappa shape index (κ1) is 26.2. The Hall–Kier alpha value is -4.46. The highest BCUT2D eigenvalue weighted by molar-refractivity contribution is 6.01. The van der Waals surface area contributed by atoms with Gasteiger partial charge in [-0.15, -0.1) is 0 Å². The predicted octanol–water partition coefficient (Wildman–Crippen LogP) is 4.34. The Morgan fingerprint density at radius 3 is 2.31 bits per heavy atom. The fourth-order valence-corrected chi connectivity index (χ4v) is 3.76. The third-order valence-electron chi connectivity index (χ3n) is 5.34. The molecule has 3 rings (SSSR count). The van der Waals surface area contributed by atoms with Crippen molar-refractivity contribution >= 4 is 17.6 Å². The Kier molecular flexibility index (Phi) is 8.22. The van der Waals surface area contributed by atoms with Crippen LogP contribution in [0.5, 0.6) is 0 Å². The molecule has 1 atom stereocenters. The van der Waals surface area contributed by atoms with Crippen LogP contribution in [0.15, 0.2) is 72.8 Å². The molecule has 1 amide bonds. The minimum atomic E-state index is -0.944.